The summed E-state index contributed by atoms with van der Waals surface area (Å²) in [6.45, 7) is 1.95. The maximum atomic E-state index is 11.9. The number of sulfonamides is 1. The second kappa shape index (κ2) is 6.48. The van der Waals surface area contributed by atoms with Gasteiger partial charge in [-0.1, -0.05) is 24.3 Å². The van der Waals surface area contributed by atoms with Gasteiger partial charge < -0.3 is 9.88 Å². The highest BCUT2D eigenvalue weighted by Gasteiger charge is 2.46. The first-order valence-corrected chi connectivity index (χ1v) is 11.0. The first-order valence-electron chi connectivity index (χ1n) is 9.13. The van der Waals surface area contributed by atoms with Crippen LogP contribution in [0.5, 0.6) is 0 Å². The van der Waals surface area contributed by atoms with E-state index in [-0.39, 0.29) is 11.5 Å². The summed E-state index contributed by atoms with van der Waals surface area (Å²) in [6.07, 6.45) is 7.89. The highest BCUT2D eigenvalue weighted by atomic mass is 32.2. The number of piperidine rings is 1. The van der Waals surface area contributed by atoms with Crippen molar-refractivity contribution in [3.8, 4) is 0 Å². The molecule has 4 rings (SSSR count). The van der Waals surface area contributed by atoms with Gasteiger partial charge in [-0.3, -0.25) is 0 Å². The second-order valence-corrected chi connectivity index (χ2v) is 9.60. The second-order valence-electron chi connectivity index (χ2n) is 7.62. The molecule has 140 valence electrons. The van der Waals surface area contributed by atoms with Crippen LogP contribution in [0.25, 0.3) is 0 Å². The van der Waals surface area contributed by atoms with E-state index in [1.54, 1.807) is 4.31 Å². The number of fused-ring (bicyclic) bond motifs is 2. The molecule has 2 heterocycles. The van der Waals surface area contributed by atoms with E-state index in [2.05, 4.69) is 34.6 Å². The molecule has 2 aliphatic rings. The molecule has 1 N–H and O–H groups in total. The number of imidazole rings is 1. The van der Waals surface area contributed by atoms with Crippen LogP contribution in [-0.2, 0) is 29.0 Å². The Morgan fingerprint density at radius 2 is 2.00 bits per heavy atom. The molecular weight excluding hydrogens is 348 g/mol. The van der Waals surface area contributed by atoms with Gasteiger partial charge in [-0.05, 0) is 35.8 Å². The third-order valence-electron chi connectivity index (χ3n) is 6.08. The van der Waals surface area contributed by atoms with Crippen LogP contribution in [0.2, 0.25) is 0 Å². The summed E-state index contributed by atoms with van der Waals surface area (Å²) in [7, 11) is -1.09. The van der Waals surface area contributed by atoms with Crippen molar-refractivity contribution in [2.75, 3.05) is 19.3 Å². The molecule has 7 heteroatoms. The zero-order valence-corrected chi connectivity index (χ0v) is 16.2. The van der Waals surface area contributed by atoms with Crippen molar-refractivity contribution in [2.45, 2.75) is 37.3 Å². The fourth-order valence-electron chi connectivity index (χ4n) is 4.58. The molecule has 0 radical (unpaired) electrons. The van der Waals surface area contributed by atoms with E-state index in [1.165, 1.54) is 17.4 Å². The lowest BCUT2D eigenvalue weighted by molar-refractivity contribution is 0.220. The Morgan fingerprint density at radius 3 is 2.65 bits per heavy atom. The fourth-order valence-corrected chi connectivity index (χ4v) is 5.42. The molecule has 0 saturated carbocycles. The number of aryl methyl sites for hydroxylation is 1. The molecule has 1 aromatic carbocycles. The first-order chi connectivity index (χ1) is 12.4. The van der Waals surface area contributed by atoms with E-state index in [0.717, 1.165) is 31.6 Å². The molecule has 0 amide bonds. The topological polar surface area (TPSA) is 67.2 Å². The molecule has 2 aromatic rings. The van der Waals surface area contributed by atoms with Gasteiger partial charge in [0.15, 0.2) is 0 Å². The monoisotopic (exact) mass is 374 g/mol. The average Bonchev–Trinajstić information content (AvgIpc) is 3.15. The van der Waals surface area contributed by atoms with Gasteiger partial charge in [0.05, 0.1) is 12.8 Å². The predicted molar refractivity (Wildman–Crippen MR) is 101 cm³/mol. The normalized spacial score (nSPS) is 22.6. The Balaban J connectivity index is 1.54. The Bertz CT molecular complexity index is 898. The molecule has 1 aliphatic carbocycles. The van der Waals surface area contributed by atoms with E-state index >= 15 is 0 Å². The summed E-state index contributed by atoms with van der Waals surface area (Å²) in [5.41, 5.74) is 2.83. The number of rotatable bonds is 4. The number of aromatic nitrogens is 2. The smallest absolute Gasteiger partial charge is 0.211 e. The van der Waals surface area contributed by atoms with E-state index in [4.69, 9.17) is 0 Å². The van der Waals surface area contributed by atoms with Crippen LogP contribution in [0.4, 0.5) is 0 Å². The molecule has 26 heavy (non-hydrogen) atoms. The molecule has 1 fully saturated rings. The van der Waals surface area contributed by atoms with Crippen molar-refractivity contribution < 1.29 is 8.42 Å². The molecule has 1 atom stereocenters. The third-order valence-corrected chi connectivity index (χ3v) is 7.38. The molecule has 0 bridgehead atoms. The standard InChI is InChI=1S/C19H26N4O2S/c1-22-12-9-20-18(22)14-21-17-13-19(16-6-4-3-5-15(16)17)7-10-23(11-8-19)26(2,24)25/h3-6,9,12,17,21H,7-8,10-11,13-14H2,1-2H3. The summed E-state index contributed by atoms with van der Waals surface area (Å²) in [5.74, 6) is 1.02. The van der Waals surface area contributed by atoms with Crippen molar-refractivity contribution in [2.24, 2.45) is 7.05 Å². The number of nitrogens with zero attached hydrogens (tertiary/aromatic N) is 3. The molecule has 1 unspecified atom stereocenters. The van der Waals surface area contributed by atoms with E-state index < -0.39 is 10.0 Å². The molecule has 1 saturated heterocycles. The highest BCUT2D eigenvalue weighted by molar-refractivity contribution is 7.88. The summed E-state index contributed by atoms with van der Waals surface area (Å²) < 4.78 is 27.4. The van der Waals surface area contributed by atoms with Crippen LogP contribution >= 0.6 is 0 Å². The van der Waals surface area contributed by atoms with Crippen LogP contribution in [0.3, 0.4) is 0 Å². The van der Waals surface area contributed by atoms with Gasteiger partial charge in [-0.15, -0.1) is 0 Å². The van der Waals surface area contributed by atoms with Crippen LogP contribution < -0.4 is 5.32 Å². The van der Waals surface area contributed by atoms with E-state index in [9.17, 15) is 8.42 Å². The van der Waals surface area contributed by atoms with Crippen LogP contribution in [0.15, 0.2) is 36.7 Å². The van der Waals surface area contributed by atoms with Gasteiger partial charge >= 0.3 is 0 Å². The SMILES string of the molecule is Cn1ccnc1CNC1CC2(CCN(S(C)(=O)=O)CC2)c2ccccc21. The van der Waals surface area contributed by atoms with Crippen LogP contribution in [0.1, 0.15) is 42.3 Å². The minimum absolute atomic E-state index is 0.0804. The lowest BCUT2D eigenvalue weighted by atomic mass is 9.74. The first kappa shape index (κ1) is 17.7. The lowest BCUT2D eigenvalue weighted by Gasteiger charge is -2.39. The van der Waals surface area contributed by atoms with Crippen molar-refractivity contribution >= 4 is 10.0 Å². The van der Waals surface area contributed by atoms with Crippen LogP contribution in [0, 0.1) is 0 Å². The Labute approximate surface area is 155 Å². The number of hydrogen-bond donors (Lipinski definition) is 1. The third kappa shape index (κ3) is 3.08. The summed E-state index contributed by atoms with van der Waals surface area (Å²) in [6, 6.07) is 8.92. The Morgan fingerprint density at radius 1 is 1.27 bits per heavy atom. The van der Waals surface area contributed by atoms with Gasteiger partial charge in [0.2, 0.25) is 10.0 Å². The average molecular weight is 375 g/mol. The number of nitrogens with one attached hydrogen (secondary N) is 1. The van der Waals surface area contributed by atoms with Crippen molar-refractivity contribution in [1.29, 1.82) is 0 Å². The summed E-state index contributed by atoms with van der Waals surface area (Å²) in [4.78, 5) is 4.40. The predicted octanol–water partition coefficient (Wildman–Crippen LogP) is 1.95. The fraction of sp³-hybridized carbons (Fsp3) is 0.526. The van der Waals surface area contributed by atoms with Crippen LogP contribution in [-0.4, -0.2) is 41.6 Å². The molecule has 1 aromatic heterocycles. The maximum Gasteiger partial charge on any atom is 0.211 e. The molecule has 1 aliphatic heterocycles. The summed E-state index contributed by atoms with van der Waals surface area (Å²) >= 11 is 0. The van der Waals surface area contributed by atoms with Gasteiger partial charge in [-0.25, -0.2) is 17.7 Å². The van der Waals surface area contributed by atoms with Crippen molar-refractivity contribution in [3.05, 3.63) is 53.6 Å². The zero-order valence-electron chi connectivity index (χ0n) is 15.4. The molecular formula is C19H26N4O2S. The minimum Gasteiger partial charge on any atom is -0.337 e. The highest BCUT2D eigenvalue weighted by Crippen LogP contribution is 2.50. The Hall–Kier alpha value is -1.70. The quantitative estimate of drug-likeness (QED) is 0.888. The Kier molecular flexibility index (Phi) is 4.41. The maximum absolute atomic E-state index is 11.9. The van der Waals surface area contributed by atoms with Gasteiger partial charge in [0.1, 0.15) is 5.82 Å². The number of benzene rings is 1. The molecule has 1 spiro atoms. The van der Waals surface area contributed by atoms with E-state index in [1.807, 2.05) is 24.0 Å². The van der Waals surface area contributed by atoms with Crippen molar-refractivity contribution in [1.82, 2.24) is 19.2 Å². The summed E-state index contributed by atoms with van der Waals surface area (Å²) in [5, 5.41) is 3.68. The minimum atomic E-state index is -3.10. The largest absolute Gasteiger partial charge is 0.337 e. The van der Waals surface area contributed by atoms with Gasteiger partial charge in [0, 0.05) is 38.6 Å². The lowest BCUT2D eigenvalue weighted by Crippen LogP contribution is -2.44. The van der Waals surface area contributed by atoms with Crippen molar-refractivity contribution in [3.63, 3.8) is 0 Å². The van der Waals surface area contributed by atoms with E-state index in [0.29, 0.717) is 13.1 Å². The number of hydrogen-bond acceptors (Lipinski definition) is 4. The molecule has 6 nitrogen and oxygen atoms in total. The van der Waals surface area contributed by atoms with Gasteiger partial charge in [0.25, 0.3) is 0 Å². The van der Waals surface area contributed by atoms with Gasteiger partial charge in [-0.2, -0.15) is 0 Å². The zero-order chi connectivity index (χ0) is 18.4.